The van der Waals surface area contributed by atoms with Crippen molar-refractivity contribution in [3.05, 3.63) is 40.3 Å². The highest BCUT2D eigenvalue weighted by Crippen LogP contribution is 2.12. The lowest BCUT2D eigenvalue weighted by Crippen LogP contribution is -2.40. The second-order valence-corrected chi connectivity index (χ2v) is 5.75. The van der Waals surface area contributed by atoms with E-state index in [1.807, 2.05) is 0 Å². The predicted molar refractivity (Wildman–Crippen MR) is 93.5 cm³/mol. The lowest BCUT2D eigenvalue weighted by atomic mass is 9.86. The van der Waals surface area contributed by atoms with E-state index >= 15 is 0 Å². The number of ether oxygens (including phenoxy) is 1. The summed E-state index contributed by atoms with van der Waals surface area (Å²) in [5.41, 5.74) is -0.00436. The number of hydrogen-bond acceptors (Lipinski definition) is 8. The van der Waals surface area contributed by atoms with Crippen LogP contribution in [0, 0.1) is 0 Å². The fraction of sp³-hybridized carbons (Fsp3) is 0.333. The Morgan fingerprint density at radius 1 is 1.31 bits per heavy atom. The van der Waals surface area contributed by atoms with Gasteiger partial charge in [0.1, 0.15) is 11.5 Å². The molecule has 3 heterocycles. The van der Waals surface area contributed by atoms with Gasteiger partial charge in [-0.15, -0.1) is 0 Å². The molecule has 0 saturated carbocycles. The van der Waals surface area contributed by atoms with Crippen molar-refractivity contribution in [2.24, 2.45) is 7.05 Å². The van der Waals surface area contributed by atoms with Crippen molar-refractivity contribution < 1.29 is 19.6 Å². The summed E-state index contributed by atoms with van der Waals surface area (Å²) < 4.78 is 6.22. The van der Waals surface area contributed by atoms with Crippen LogP contribution < -0.4 is 16.5 Å². The molecule has 1 aliphatic heterocycles. The number of nitrogens with zero attached hydrogens (tertiary/aromatic N) is 4. The van der Waals surface area contributed by atoms with E-state index in [0.717, 1.165) is 4.68 Å². The molecule has 1 aliphatic rings. The third-order valence-corrected chi connectivity index (χ3v) is 3.92. The van der Waals surface area contributed by atoms with Gasteiger partial charge < -0.3 is 25.0 Å². The molecular weight excluding hydrogens is 341 g/mol. The summed E-state index contributed by atoms with van der Waals surface area (Å²) in [6.45, 7) is 2.11. The van der Waals surface area contributed by atoms with E-state index in [2.05, 4.69) is 15.4 Å². The summed E-state index contributed by atoms with van der Waals surface area (Å²) in [4.78, 5) is 30.3. The maximum Gasteiger partial charge on any atom is 0.510 e. The normalized spacial score (nSPS) is 14.2. The van der Waals surface area contributed by atoms with Crippen molar-refractivity contribution in [1.82, 2.24) is 19.7 Å². The summed E-state index contributed by atoms with van der Waals surface area (Å²) in [6, 6.07) is 4.42. The van der Waals surface area contributed by atoms with Crippen LogP contribution in [0.2, 0.25) is 0 Å². The number of rotatable bonds is 4. The summed E-state index contributed by atoms with van der Waals surface area (Å²) in [5, 5.41) is 25.0. The van der Waals surface area contributed by atoms with Gasteiger partial charge in [-0.3, -0.25) is 9.59 Å². The average Bonchev–Trinajstić information content (AvgIpc) is 2.66. The van der Waals surface area contributed by atoms with E-state index in [-0.39, 0.29) is 17.2 Å². The first kappa shape index (κ1) is 18.0. The lowest BCUT2D eigenvalue weighted by Gasteiger charge is -2.26. The van der Waals surface area contributed by atoms with Crippen molar-refractivity contribution in [2.75, 3.05) is 31.6 Å². The van der Waals surface area contributed by atoms with Gasteiger partial charge in [-0.1, -0.05) is 0 Å². The van der Waals surface area contributed by atoms with Crippen LogP contribution in [0.25, 0.3) is 0 Å². The Morgan fingerprint density at radius 3 is 2.65 bits per heavy atom. The Bertz CT molecular complexity index is 848. The molecule has 3 rings (SSSR count). The second-order valence-electron chi connectivity index (χ2n) is 5.75. The number of hydrogen-bond donors (Lipinski definition) is 3. The first-order valence-corrected chi connectivity index (χ1v) is 8.00. The van der Waals surface area contributed by atoms with Gasteiger partial charge in [-0.25, -0.2) is 9.67 Å². The molecule has 0 unspecified atom stereocenters. The van der Waals surface area contributed by atoms with E-state index < -0.39 is 12.7 Å². The Kier molecular flexibility index (Phi) is 5.31. The van der Waals surface area contributed by atoms with Crippen LogP contribution in [0.1, 0.15) is 10.4 Å². The molecule has 1 fully saturated rings. The highest BCUT2D eigenvalue weighted by Gasteiger charge is 2.19. The molecule has 0 radical (unpaired) electrons. The third kappa shape index (κ3) is 3.90. The maximum atomic E-state index is 12.4. The molecule has 10 nitrogen and oxygen atoms in total. The van der Waals surface area contributed by atoms with Crippen molar-refractivity contribution in [3.63, 3.8) is 0 Å². The molecule has 0 aromatic carbocycles. The largest absolute Gasteiger partial charge is 0.510 e. The molecular formula is C15H18BN5O5. The van der Waals surface area contributed by atoms with E-state index in [1.165, 1.54) is 19.3 Å². The average molecular weight is 359 g/mol. The quantitative estimate of drug-likeness (QED) is 0.539. The van der Waals surface area contributed by atoms with Crippen LogP contribution in [0.15, 0.2) is 29.2 Å². The monoisotopic (exact) mass is 359 g/mol. The zero-order valence-electron chi connectivity index (χ0n) is 14.1. The van der Waals surface area contributed by atoms with Gasteiger partial charge in [0.15, 0.2) is 0 Å². The van der Waals surface area contributed by atoms with Gasteiger partial charge in [0.25, 0.3) is 11.5 Å². The van der Waals surface area contributed by atoms with Crippen LogP contribution in [0.3, 0.4) is 0 Å². The van der Waals surface area contributed by atoms with Gasteiger partial charge in [-0.05, 0) is 18.2 Å². The molecule has 0 atom stereocenters. The van der Waals surface area contributed by atoms with Gasteiger partial charge in [0.2, 0.25) is 0 Å². The second kappa shape index (κ2) is 7.64. The van der Waals surface area contributed by atoms with Gasteiger partial charge in [0, 0.05) is 26.3 Å². The Hall–Kier alpha value is -2.76. The minimum atomic E-state index is -1.80. The number of carbonyl (C=O) groups excluding carboxylic acids is 1. The minimum Gasteiger partial charge on any atom is -0.422 e. The van der Waals surface area contributed by atoms with Crippen LogP contribution in [-0.2, 0) is 11.8 Å². The summed E-state index contributed by atoms with van der Waals surface area (Å²) in [7, 11) is -0.402. The highest BCUT2D eigenvalue weighted by atomic mass is 16.5. The fourth-order valence-electron chi connectivity index (χ4n) is 2.53. The summed E-state index contributed by atoms with van der Waals surface area (Å²) in [5.74, 6) is 0.211. The number of amides is 1. The molecule has 2 aromatic heterocycles. The summed E-state index contributed by atoms with van der Waals surface area (Å²) in [6.07, 6.45) is 1.42. The van der Waals surface area contributed by atoms with E-state index in [9.17, 15) is 19.6 Å². The molecule has 3 N–H and O–H groups in total. The number of nitrogens with one attached hydrogen (secondary N) is 1. The first-order valence-electron chi connectivity index (χ1n) is 8.00. The number of aryl methyl sites for hydroxylation is 1. The molecule has 0 spiro atoms. The zero-order chi connectivity index (χ0) is 18.7. The molecule has 0 bridgehead atoms. The number of aromatic nitrogens is 3. The van der Waals surface area contributed by atoms with Crippen molar-refractivity contribution in [1.29, 1.82) is 0 Å². The van der Waals surface area contributed by atoms with Crippen molar-refractivity contribution >= 4 is 30.1 Å². The molecule has 0 aliphatic carbocycles. The fourth-order valence-corrected chi connectivity index (χ4v) is 2.53. The number of anilines is 2. The molecule has 1 saturated heterocycles. The Labute approximate surface area is 149 Å². The Balaban J connectivity index is 1.77. The third-order valence-electron chi connectivity index (χ3n) is 3.92. The van der Waals surface area contributed by atoms with E-state index in [4.69, 9.17) is 4.74 Å². The van der Waals surface area contributed by atoms with Gasteiger partial charge >= 0.3 is 7.12 Å². The highest BCUT2D eigenvalue weighted by molar-refractivity contribution is 6.57. The maximum absolute atomic E-state index is 12.4. The van der Waals surface area contributed by atoms with Crippen molar-refractivity contribution in [2.45, 2.75) is 0 Å². The van der Waals surface area contributed by atoms with Crippen LogP contribution in [0.5, 0.6) is 0 Å². The molecule has 11 heteroatoms. The summed E-state index contributed by atoms with van der Waals surface area (Å²) >= 11 is 0. The Morgan fingerprint density at radius 2 is 2.04 bits per heavy atom. The van der Waals surface area contributed by atoms with E-state index in [1.54, 1.807) is 17.0 Å². The van der Waals surface area contributed by atoms with Gasteiger partial charge in [-0.2, -0.15) is 5.10 Å². The van der Waals surface area contributed by atoms with E-state index in [0.29, 0.717) is 37.7 Å². The minimum absolute atomic E-state index is 0.0753. The van der Waals surface area contributed by atoms with Crippen LogP contribution in [0.4, 0.5) is 11.5 Å². The lowest BCUT2D eigenvalue weighted by molar-refractivity contribution is 0.0302. The smallest absolute Gasteiger partial charge is 0.422 e. The first-order chi connectivity index (χ1) is 12.5. The molecule has 1 amide bonds. The number of carbonyl (C=O) groups is 1. The number of pyridine rings is 1. The van der Waals surface area contributed by atoms with Crippen molar-refractivity contribution in [3.8, 4) is 0 Å². The topological polar surface area (TPSA) is 130 Å². The molecule has 26 heavy (non-hydrogen) atoms. The molecule has 136 valence electrons. The van der Waals surface area contributed by atoms with Gasteiger partial charge in [0.05, 0.1) is 24.4 Å². The SMILES string of the molecule is Cn1nc(B(O)O)cc(Nc2ccc(C(=O)N3CCOCC3)cn2)c1=O. The van der Waals surface area contributed by atoms with Crippen LogP contribution >= 0.6 is 0 Å². The zero-order valence-corrected chi connectivity index (χ0v) is 14.1. The predicted octanol–water partition coefficient (Wildman–Crippen LogP) is -1.93. The standard InChI is InChI=1S/C15H18BN5O5/c1-20-15(23)11(8-12(19-20)16(24)25)18-13-3-2-10(9-17-13)14(22)21-4-6-26-7-5-21/h2-3,8-9,24-25H,4-7H2,1H3,(H,17,18). The number of morpholine rings is 1. The molecule has 2 aromatic rings. The van der Waals surface area contributed by atoms with Crippen LogP contribution in [-0.4, -0.2) is 69.0 Å².